The highest BCUT2D eigenvalue weighted by Crippen LogP contribution is 2.31. The first-order chi connectivity index (χ1) is 14.6. The molecule has 6 nitrogen and oxygen atoms in total. The Bertz CT molecular complexity index is 1270. The largest absolute Gasteiger partial charge is 0.487 e. The molecule has 0 amide bonds. The minimum absolute atomic E-state index is 0. The third-order valence-corrected chi connectivity index (χ3v) is 5.87. The summed E-state index contributed by atoms with van der Waals surface area (Å²) in [5, 5.41) is 1.28. The Morgan fingerprint density at radius 2 is 1.97 bits per heavy atom. The molecule has 0 saturated carbocycles. The van der Waals surface area contributed by atoms with E-state index in [4.69, 9.17) is 4.74 Å². The van der Waals surface area contributed by atoms with Crippen LogP contribution < -0.4 is 10.3 Å². The summed E-state index contributed by atoms with van der Waals surface area (Å²) in [6.07, 6.45) is 4.56. The first-order valence-corrected chi connectivity index (χ1v) is 10.1. The molecule has 6 heteroatoms. The van der Waals surface area contributed by atoms with Crippen LogP contribution >= 0.6 is 0 Å². The summed E-state index contributed by atoms with van der Waals surface area (Å²) < 4.78 is 9.65. The van der Waals surface area contributed by atoms with Crippen LogP contribution in [0.5, 0.6) is 5.75 Å². The second-order valence-corrected chi connectivity index (χ2v) is 7.85. The number of likely N-dealkylation sites (N-methyl/N-ethyl adjacent to an activating group) is 1. The molecule has 4 heterocycles. The Balaban J connectivity index is 0.00000231. The Kier molecular flexibility index (Phi) is 5.65. The fraction of sp³-hybridized carbons (Fsp3) is 0.280. The van der Waals surface area contributed by atoms with Crippen molar-refractivity contribution in [3.05, 3.63) is 88.2 Å². The number of aromatic nitrogens is 3. The molecule has 3 aromatic heterocycles. The van der Waals surface area contributed by atoms with Gasteiger partial charge >= 0.3 is 0 Å². The van der Waals surface area contributed by atoms with Gasteiger partial charge in [-0.15, -0.1) is 0 Å². The van der Waals surface area contributed by atoms with Crippen LogP contribution in [0, 0.1) is 0 Å². The maximum Gasteiger partial charge on any atom is 0.258 e. The van der Waals surface area contributed by atoms with Crippen molar-refractivity contribution in [2.24, 2.45) is 7.05 Å². The van der Waals surface area contributed by atoms with Gasteiger partial charge in [0.05, 0.1) is 16.9 Å². The van der Waals surface area contributed by atoms with E-state index in [0.717, 1.165) is 36.4 Å². The van der Waals surface area contributed by atoms with Gasteiger partial charge in [-0.2, -0.15) is 0 Å². The van der Waals surface area contributed by atoms with Gasteiger partial charge in [0.1, 0.15) is 12.4 Å². The number of pyridine rings is 2. The first kappa shape index (κ1) is 20.9. The van der Waals surface area contributed by atoms with Crippen molar-refractivity contribution in [3.63, 3.8) is 0 Å². The maximum atomic E-state index is 12.8. The number of aryl methyl sites for hydroxylation is 1. The molecule has 160 valence electrons. The molecule has 1 aliphatic rings. The lowest BCUT2D eigenvalue weighted by Gasteiger charge is -2.23. The molecule has 5 rings (SSSR count). The van der Waals surface area contributed by atoms with Crippen molar-refractivity contribution in [2.75, 3.05) is 13.6 Å². The fourth-order valence-corrected chi connectivity index (χ4v) is 4.23. The first-order valence-electron chi connectivity index (χ1n) is 10.1. The van der Waals surface area contributed by atoms with E-state index in [2.05, 4.69) is 40.7 Å². The summed E-state index contributed by atoms with van der Waals surface area (Å²) in [5.41, 5.74) is 5.52. The van der Waals surface area contributed by atoms with Crippen LogP contribution in [0.25, 0.3) is 16.6 Å². The van der Waals surface area contributed by atoms with Gasteiger partial charge in [-0.3, -0.25) is 14.3 Å². The molecule has 0 radical (unpaired) electrons. The van der Waals surface area contributed by atoms with Crippen molar-refractivity contribution in [1.29, 1.82) is 0 Å². The number of rotatable bonds is 4. The topological polar surface area (TPSA) is 52.3 Å². The second kappa shape index (κ2) is 8.40. The van der Waals surface area contributed by atoms with Crippen LogP contribution in [0.1, 0.15) is 24.4 Å². The van der Waals surface area contributed by atoms with Gasteiger partial charge in [0.2, 0.25) is 0 Å². The quantitative estimate of drug-likeness (QED) is 0.506. The second-order valence-electron chi connectivity index (χ2n) is 7.85. The predicted octanol–water partition coefficient (Wildman–Crippen LogP) is 3.93. The summed E-state index contributed by atoms with van der Waals surface area (Å²) in [6, 6.07) is 15.3. The van der Waals surface area contributed by atoms with Crippen molar-refractivity contribution < 1.29 is 4.74 Å². The molecule has 0 saturated heterocycles. The van der Waals surface area contributed by atoms with Crippen molar-refractivity contribution in [2.45, 2.75) is 27.0 Å². The average Bonchev–Trinajstić information content (AvgIpc) is 3.04. The van der Waals surface area contributed by atoms with Crippen LogP contribution in [-0.4, -0.2) is 32.6 Å². The lowest BCUT2D eigenvalue weighted by Crippen LogP contribution is -2.27. The van der Waals surface area contributed by atoms with E-state index in [1.165, 1.54) is 22.7 Å². The molecular weight excluding hydrogens is 388 g/mol. The van der Waals surface area contributed by atoms with Gasteiger partial charge in [0.25, 0.3) is 5.56 Å². The summed E-state index contributed by atoms with van der Waals surface area (Å²) in [6.45, 7) is 2.37. The summed E-state index contributed by atoms with van der Waals surface area (Å²) >= 11 is 0. The summed E-state index contributed by atoms with van der Waals surface area (Å²) in [4.78, 5) is 19.3. The normalized spacial score (nSPS) is 13.6. The monoisotopic (exact) mass is 416 g/mol. The molecule has 1 aliphatic heterocycles. The van der Waals surface area contributed by atoms with E-state index in [1.54, 1.807) is 17.0 Å². The molecule has 0 fully saturated rings. The van der Waals surface area contributed by atoms with Gasteiger partial charge in [-0.25, -0.2) is 0 Å². The number of benzene rings is 1. The minimum Gasteiger partial charge on any atom is -0.487 e. The van der Waals surface area contributed by atoms with Gasteiger partial charge in [-0.1, -0.05) is 19.6 Å². The van der Waals surface area contributed by atoms with Crippen molar-refractivity contribution in [3.8, 4) is 11.4 Å². The van der Waals surface area contributed by atoms with E-state index in [0.29, 0.717) is 12.4 Å². The van der Waals surface area contributed by atoms with Gasteiger partial charge < -0.3 is 14.2 Å². The average molecular weight is 417 g/mol. The molecule has 0 aliphatic carbocycles. The van der Waals surface area contributed by atoms with Crippen LogP contribution in [0.15, 0.2) is 65.7 Å². The third kappa shape index (κ3) is 3.86. The van der Waals surface area contributed by atoms with Crippen molar-refractivity contribution >= 4 is 10.9 Å². The standard InChI is InChI=1S/C24H24N4O2.CH4/c1-26-11-9-21-20-7-6-18(13-22(20)27(2)23(21)15-26)28-12-8-19(14-24(28)29)30-16-17-5-3-4-10-25-17;/h3-8,10,12-14H,9,11,15-16H2,1-2H3;1H4. The zero-order valence-electron chi connectivity index (χ0n) is 17.2. The van der Waals surface area contributed by atoms with Crippen LogP contribution in [0.2, 0.25) is 0 Å². The highest BCUT2D eigenvalue weighted by Gasteiger charge is 2.21. The zero-order chi connectivity index (χ0) is 20.7. The third-order valence-electron chi connectivity index (χ3n) is 5.87. The van der Waals surface area contributed by atoms with E-state index in [1.807, 2.05) is 30.3 Å². The lowest BCUT2D eigenvalue weighted by atomic mass is 10.0. The smallest absolute Gasteiger partial charge is 0.258 e. The van der Waals surface area contributed by atoms with Crippen LogP contribution in [-0.2, 0) is 26.6 Å². The Morgan fingerprint density at radius 3 is 2.74 bits per heavy atom. The zero-order valence-corrected chi connectivity index (χ0v) is 17.2. The van der Waals surface area contributed by atoms with E-state index in [9.17, 15) is 4.79 Å². The molecule has 0 atom stereocenters. The molecule has 1 aromatic carbocycles. The highest BCUT2D eigenvalue weighted by atomic mass is 16.5. The Morgan fingerprint density at radius 1 is 1.10 bits per heavy atom. The van der Waals surface area contributed by atoms with E-state index < -0.39 is 0 Å². The predicted molar refractivity (Wildman–Crippen MR) is 124 cm³/mol. The molecular formula is C25H28N4O2. The minimum atomic E-state index is -0.119. The molecule has 0 N–H and O–H groups in total. The van der Waals surface area contributed by atoms with Crippen molar-refractivity contribution in [1.82, 2.24) is 19.0 Å². The number of hydrogen-bond donors (Lipinski definition) is 0. The van der Waals surface area contributed by atoms with Gasteiger partial charge in [-0.05, 0) is 49.4 Å². The molecule has 0 unspecified atom stereocenters. The van der Waals surface area contributed by atoms with Gasteiger partial charge in [0, 0.05) is 49.7 Å². The molecule has 0 spiro atoms. The molecule has 31 heavy (non-hydrogen) atoms. The van der Waals surface area contributed by atoms with E-state index >= 15 is 0 Å². The maximum absolute atomic E-state index is 12.8. The summed E-state index contributed by atoms with van der Waals surface area (Å²) in [5.74, 6) is 0.542. The Hall–Kier alpha value is -3.38. The molecule has 0 bridgehead atoms. The van der Waals surface area contributed by atoms with Crippen LogP contribution in [0.3, 0.4) is 0 Å². The Labute approximate surface area is 182 Å². The number of fused-ring (bicyclic) bond motifs is 3. The summed E-state index contributed by atoms with van der Waals surface area (Å²) in [7, 11) is 4.27. The SMILES string of the molecule is C.CN1CCc2c(n(C)c3cc(-n4ccc(OCc5ccccn5)cc4=O)ccc23)C1. The number of nitrogens with zero attached hydrogens (tertiary/aromatic N) is 4. The lowest BCUT2D eigenvalue weighted by molar-refractivity contribution is 0.300. The number of ether oxygens (including phenoxy) is 1. The highest BCUT2D eigenvalue weighted by molar-refractivity contribution is 5.87. The van der Waals surface area contributed by atoms with Gasteiger partial charge in [0.15, 0.2) is 0 Å². The van der Waals surface area contributed by atoms with E-state index in [-0.39, 0.29) is 13.0 Å². The van der Waals surface area contributed by atoms with Crippen LogP contribution in [0.4, 0.5) is 0 Å². The fourth-order valence-electron chi connectivity index (χ4n) is 4.23. The molecule has 4 aromatic rings. The number of hydrogen-bond acceptors (Lipinski definition) is 4.